The molecule has 1 aliphatic rings. The molecule has 0 aliphatic heterocycles. The summed E-state index contributed by atoms with van der Waals surface area (Å²) in [6.45, 7) is 0. The first-order chi connectivity index (χ1) is 9.83. The van der Waals surface area contributed by atoms with Crippen LogP contribution in [0.2, 0.25) is 0 Å². The van der Waals surface area contributed by atoms with Gasteiger partial charge in [0.25, 0.3) is 0 Å². The van der Waals surface area contributed by atoms with Gasteiger partial charge in [0.15, 0.2) is 0 Å². The second-order valence-electron chi connectivity index (χ2n) is 4.74. The van der Waals surface area contributed by atoms with Gasteiger partial charge < -0.3 is 5.73 Å². The maximum absolute atomic E-state index is 5.94. The van der Waals surface area contributed by atoms with Crippen LogP contribution in [0, 0.1) is 0 Å². The van der Waals surface area contributed by atoms with Crippen molar-refractivity contribution in [2.75, 3.05) is 5.73 Å². The van der Waals surface area contributed by atoms with E-state index >= 15 is 0 Å². The van der Waals surface area contributed by atoms with E-state index in [1.807, 2.05) is 24.3 Å². The highest BCUT2D eigenvalue weighted by Gasteiger charge is 2.10. The molecular weight excluding hydrogens is 246 g/mol. The van der Waals surface area contributed by atoms with E-state index in [1.165, 1.54) is 5.56 Å². The largest absolute Gasteiger partial charge is 0.382 e. The number of hydrogen-bond donors (Lipinski definition) is 1. The first-order valence-electron chi connectivity index (χ1n) is 6.67. The maximum Gasteiger partial charge on any atom is 0.145 e. The predicted molar refractivity (Wildman–Crippen MR) is 79.9 cm³/mol. The molecule has 0 bridgehead atoms. The number of anilines is 1. The Kier molecular flexibility index (Phi) is 3.47. The number of hydrogen-bond acceptors (Lipinski definition) is 3. The molecule has 0 spiro atoms. The lowest BCUT2D eigenvalue weighted by molar-refractivity contribution is 0.992. The van der Waals surface area contributed by atoms with E-state index in [1.54, 1.807) is 6.20 Å². The van der Waals surface area contributed by atoms with Gasteiger partial charge in [-0.25, -0.2) is 9.97 Å². The molecular formula is C17H15N3. The van der Waals surface area contributed by atoms with Crippen molar-refractivity contribution in [3.63, 3.8) is 0 Å². The molecule has 0 unspecified atom stereocenters. The van der Waals surface area contributed by atoms with Gasteiger partial charge in [0.2, 0.25) is 0 Å². The first kappa shape index (κ1) is 12.4. The fourth-order valence-electron chi connectivity index (χ4n) is 2.18. The van der Waals surface area contributed by atoms with E-state index in [2.05, 4.69) is 33.6 Å². The summed E-state index contributed by atoms with van der Waals surface area (Å²) >= 11 is 0. The zero-order chi connectivity index (χ0) is 13.8. The molecule has 0 fully saturated rings. The summed E-state index contributed by atoms with van der Waals surface area (Å²) < 4.78 is 0. The summed E-state index contributed by atoms with van der Waals surface area (Å²) in [5, 5.41) is 0. The minimum atomic E-state index is 0.494. The van der Waals surface area contributed by atoms with Crippen molar-refractivity contribution in [3.05, 3.63) is 71.0 Å². The highest BCUT2D eigenvalue weighted by molar-refractivity contribution is 5.63. The number of rotatable bonds is 3. The van der Waals surface area contributed by atoms with E-state index in [0.717, 1.165) is 29.8 Å². The molecule has 0 saturated carbocycles. The molecule has 0 radical (unpaired) electrons. The van der Waals surface area contributed by atoms with Crippen LogP contribution in [-0.4, -0.2) is 9.97 Å². The Hall–Kier alpha value is -2.60. The average Bonchev–Trinajstić information content (AvgIpc) is 2.51. The third kappa shape index (κ3) is 2.70. The molecule has 20 heavy (non-hydrogen) atoms. The summed E-state index contributed by atoms with van der Waals surface area (Å²) in [5.41, 5.74) is 16.0. The minimum Gasteiger partial charge on any atom is -0.382 e. The van der Waals surface area contributed by atoms with Crippen LogP contribution < -0.4 is 5.73 Å². The third-order valence-corrected chi connectivity index (χ3v) is 3.26. The topological polar surface area (TPSA) is 51.8 Å². The number of benzene rings is 1. The van der Waals surface area contributed by atoms with Crippen molar-refractivity contribution in [1.29, 1.82) is 0 Å². The first-order valence-corrected chi connectivity index (χ1v) is 6.67. The molecule has 1 aromatic heterocycles. The van der Waals surface area contributed by atoms with Crippen LogP contribution in [0.15, 0.2) is 54.1 Å². The molecule has 0 atom stereocenters. The van der Waals surface area contributed by atoms with Crippen LogP contribution in [0.4, 0.5) is 5.82 Å². The molecule has 3 nitrogen and oxygen atoms in total. The lowest BCUT2D eigenvalue weighted by Crippen LogP contribution is -2.05. The van der Waals surface area contributed by atoms with E-state index in [-0.39, 0.29) is 0 Å². The number of nitrogens with two attached hydrogens (primary N) is 1. The summed E-state index contributed by atoms with van der Waals surface area (Å²) in [6, 6.07) is 10.2. The maximum atomic E-state index is 5.94. The van der Waals surface area contributed by atoms with Gasteiger partial charge in [-0.1, -0.05) is 41.8 Å². The number of allylic oxidation sites excluding steroid dienone is 2. The lowest BCUT2D eigenvalue weighted by atomic mass is 10.0. The van der Waals surface area contributed by atoms with Crippen molar-refractivity contribution >= 4 is 11.4 Å². The summed E-state index contributed by atoms with van der Waals surface area (Å²) in [7, 11) is 0. The van der Waals surface area contributed by atoms with Gasteiger partial charge in [-0.15, -0.1) is 0 Å². The third-order valence-electron chi connectivity index (χ3n) is 3.26. The Balaban J connectivity index is 1.95. The smallest absolute Gasteiger partial charge is 0.145 e. The van der Waals surface area contributed by atoms with Crippen molar-refractivity contribution < 1.29 is 0 Å². The Morgan fingerprint density at radius 1 is 1.20 bits per heavy atom. The van der Waals surface area contributed by atoms with Gasteiger partial charge in [0.1, 0.15) is 5.82 Å². The Morgan fingerprint density at radius 3 is 2.80 bits per heavy atom. The quantitative estimate of drug-likeness (QED) is 0.863. The zero-order valence-corrected chi connectivity index (χ0v) is 11.1. The van der Waals surface area contributed by atoms with Crippen molar-refractivity contribution in [2.24, 2.45) is 0 Å². The molecule has 3 heteroatoms. The standard InChI is InChI=1S/C17H15N3/c18-17-15(11-13-7-3-1-4-8-13)20-16(12-19-17)14-9-5-2-6-10-14/h1-4,7-8,12H,5,9,11H2,(H2,18,19). The van der Waals surface area contributed by atoms with Crippen molar-refractivity contribution in [2.45, 2.75) is 19.3 Å². The summed E-state index contributed by atoms with van der Waals surface area (Å²) in [5.74, 6) is 0.494. The fourth-order valence-corrected chi connectivity index (χ4v) is 2.18. The Labute approximate surface area is 118 Å². The van der Waals surface area contributed by atoms with Gasteiger partial charge in [-0.3, -0.25) is 0 Å². The minimum absolute atomic E-state index is 0.494. The zero-order valence-electron chi connectivity index (χ0n) is 11.1. The highest BCUT2D eigenvalue weighted by Crippen LogP contribution is 2.21. The van der Waals surface area contributed by atoms with Crippen LogP contribution in [-0.2, 0) is 6.42 Å². The van der Waals surface area contributed by atoms with E-state index in [0.29, 0.717) is 12.2 Å². The number of nitrogen functional groups attached to an aromatic ring is 1. The van der Waals surface area contributed by atoms with Crippen LogP contribution in [0.3, 0.4) is 0 Å². The lowest BCUT2D eigenvalue weighted by Gasteiger charge is -2.09. The molecule has 1 aromatic carbocycles. The van der Waals surface area contributed by atoms with Gasteiger partial charge in [0, 0.05) is 12.0 Å². The van der Waals surface area contributed by atoms with Crippen molar-refractivity contribution in [1.82, 2.24) is 9.97 Å². The van der Waals surface area contributed by atoms with Gasteiger partial charge >= 0.3 is 0 Å². The van der Waals surface area contributed by atoms with Crippen LogP contribution in [0.5, 0.6) is 0 Å². The van der Waals surface area contributed by atoms with Crippen LogP contribution in [0.1, 0.15) is 29.8 Å². The molecule has 1 aliphatic carbocycles. The molecule has 0 saturated heterocycles. The Morgan fingerprint density at radius 2 is 2.05 bits per heavy atom. The van der Waals surface area contributed by atoms with Crippen LogP contribution >= 0.6 is 0 Å². The molecule has 2 aromatic rings. The van der Waals surface area contributed by atoms with Gasteiger partial charge in [-0.2, -0.15) is 0 Å². The normalized spacial score (nSPS) is 13.3. The van der Waals surface area contributed by atoms with Crippen molar-refractivity contribution in [3.8, 4) is 0 Å². The molecule has 2 N–H and O–H groups in total. The van der Waals surface area contributed by atoms with E-state index in [4.69, 9.17) is 5.73 Å². The summed E-state index contributed by atoms with van der Waals surface area (Å²) in [4.78, 5) is 8.92. The number of nitrogens with zero attached hydrogens (tertiary/aromatic N) is 2. The second-order valence-corrected chi connectivity index (χ2v) is 4.74. The highest BCUT2D eigenvalue weighted by atomic mass is 14.9. The number of aromatic nitrogens is 2. The average molecular weight is 261 g/mol. The molecule has 98 valence electrons. The van der Waals surface area contributed by atoms with Gasteiger partial charge in [0.05, 0.1) is 17.6 Å². The Bertz CT molecular complexity index is 719. The molecule has 3 rings (SSSR count). The fraction of sp³-hybridized carbons (Fsp3) is 0.176. The monoisotopic (exact) mass is 261 g/mol. The van der Waals surface area contributed by atoms with E-state index < -0.39 is 0 Å². The van der Waals surface area contributed by atoms with E-state index in [9.17, 15) is 0 Å². The molecule has 0 amide bonds. The SMILES string of the molecule is Nc1ncc(C2=C=C=CCC2)nc1Cc1ccccc1. The van der Waals surface area contributed by atoms with Crippen LogP contribution in [0.25, 0.3) is 5.57 Å². The summed E-state index contributed by atoms with van der Waals surface area (Å²) in [6.07, 6.45) is 6.30. The second kappa shape index (κ2) is 5.58. The van der Waals surface area contributed by atoms with Gasteiger partial charge in [-0.05, 0) is 24.5 Å². The molecule has 1 heterocycles. The predicted octanol–water partition coefficient (Wildman–Crippen LogP) is 3.14.